The lowest BCUT2D eigenvalue weighted by Crippen LogP contribution is -2.50. The maximum Gasteiger partial charge on any atom is 0.411 e. The summed E-state index contributed by atoms with van der Waals surface area (Å²) in [6, 6.07) is 1.69. The van der Waals surface area contributed by atoms with Gasteiger partial charge in [-0.3, -0.25) is 4.90 Å². The molecule has 1 N–H and O–H groups in total. The van der Waals surface area contributed by atoms with Crippen molar-refractivity contribution in [3.05, 3.63) is 17.5 Å². The first-order valence-electron chi connectivity index (χ1n) is 6.50. The molecular weight excluding hydrogens is 246 g/mol. The average molecular weight is 267 g/mol. The highest BCUT2D eigenvalue weighted by molar-refractivity contribution is 5.69. The Bertz CT molecular complexity index is 450. The molecule has 1 aliphatic heterocycles. The van der Waals surface area contributed by atoms with Gasteiger partial charge in [0, 0.05) is 25.7 Å². The normalized spacial score (nSPS) is 20.4. The van der Waals surface area contributed by atoms with Crippen molar-refractivity contribution in [2.24, 2.45) is 0 Å². The molecule has 2 heterocycles. The molecule has 6 nitrogen and oxygen atoms in total. The van der Waals surface area contributed by atoms with E-state index in [1.165, 1.54) is 0 Å². The SMILES string of the molecule is Cc1cc(C2CNCCN2C(=O)OC(C)(C)C)on1. The smallest absolute Gasteiger partial charge is 0.411 e. The second-order valence-corrected chi connectivity index (χ2v) is 5.76. The predicted molar refractivity (Wildman–Crippen MR) is 69.8 cm³/mol. The van der Waals surface area contributed by atoms with Gasteiger partial charge in [0.2, 0.25) is 0 Å². The third-order valence-corrected chi connectivity index (χ3v) is 2.85. The monoisotopic (exact) mass is 267 g/mol. The summed E-state index contributed by atoms with van der Waals surface area (Å²) in [6.07, 6.45) is -0.312. The molecule has 0 bridgehead atoms. The predicted octanol–water partition coefficient (Wildman–Crippen LogP) is 1.86. The molecule has 1 atom stereocenters. The van der Waals surface area contributed by atoms with E-state index in [2.05, 4.69) is 10.5 Å². The Hall–Kier alpha value is -1.56. The van der Waals surface area contributed by atoms with Gasteiger partial charge in [0.1, 0.15) is 11.6 Å². The third kappa shape index (κ3) is 3.47. The lowest BCUT2D eigenvalue weighted by Gasteiger charge is -2.35. The van der Waals surface area contributed by atoms with E-state index in [4.69, 9.17) is 9.26 Å². The summed E-state index contributed by atoms with van der Waals surface area (Å²) in [6.45, 7) is 9.44. The van der Waals surface area contributed by atoms with Gasteiger partial charge in [-0.25, -0.2) is 4.79 Å². The van der Waals surface area contributed by atoms with Crippen LogP contribution in [0.5, 0.6) is 0 Å². The maximum absolute atomic E-state index is 12.2. The van der Waals surface area contributed by atoms with Crippen molar-refractivity contribution in [2.75, 3.05) is 19.6 Å². The Morgan fingerprint density at radius 1 is 1.58 bits per heavy atom. The zero-order valence-corrected chi connectivity index (χ0v) is 11.9. The molecule has 1 amide bonds. The summed E-state index contributed by atoms with van der Waals surface area (Å²) in [4.78, 5) is 13.9. The van der Waals surface area contributed by atoms with Crippen molar-refractivity contribution in [2.45, 2.75) is 39.3 Å². The summed E-state index contributed by atoms with van der Waals surface area (Å²) in [7, 11) is 0. The van der Waals surface area contributed by atoms with Crippen LogP contribution in [0.15, 0.2) is 10.6 Å². The number of amides is 1. The average Bonchev–Trinajstić information content (AvgIpc) is 2.73. The zero-order chi connectivity index (χ0) is 14.0. The molecule has 1 saturated heterocycles. The van der Waals surface area contributed by atoms with E-state index in [9.17, 15) is 4.79 Å². The quantitative estimate of drug-likeness (QED) is 0.841. The Labute approximate surface area is 113 Å². The van der Waals surface area contributed by atoms with Gasteiger partial charge in [0.15, 0.2) is 5.76 Å². The number of aromatic nitrogens is 1. The minimum atomic E-state index is -0.496. The largest absolute Gasteiger partial charge is 0.444 e. The third-order valence-electron chi connectivity index (χ3n) is 2.85. The van der Waals surface area contributed by atoms with Crippen LogP contribution >= 0.6 is 0 Å². The summed E-state index contributed by atoms with van der Waals surface area (Å²) < 4.78 is 10.7. The summed E-state index contributed by atoms with van der Waals surface area (Å²) >= 11 is 0. The number of nitrogens with one attached hydrogen (secondary N) is 1. The minimum Gasteiger partial charge on any atom is -0.444 e. The van der Waals surface area contributed by atoms with Gasteiger partial charge in [0.25, 0.3) is 0 Å². The lowest BCUT2D eigenvalue weighted by molar-refractivity contribution is 0.00866. The van der Waals surface area contributed by atoms with Crippen molar-refractivity contribution in [3.63, 3.8) is 0 Å². The summed E-state index contributed by atoms with van der Waals surface area (Å²) in [5.74, 6) is 0.690. The molecule has 1 aliphatic rings. The van der Waals surface area contributed by atoms with Crippen LogP contribution < -0.4 is 5.32 Å². The van der Waals surface area contributed by atoms with Gasteiger partial charge < -0.3 is 14.6 Å². The van der Waals surface area contributed by atoms with E-state index in [-0.39, 0.29) is 12.1 Å². The van der Waals surface area contributed by atoms with Crippen LogP contribution in [0.2, 0.25) is 0 Å². The Morgan fingerprint density at radius 3 is 2.89 bits per heavy atom. The van der Waals surface area contributed by atoms with Crippen LogP contribution in [0.3, 0.4) is 0 Å². The topological polar surface area (TPSA) is 67.6 Å². The molecule has 1 aromatic rings. The molecule has 6 heteroatoms. The van der Waals surface area contributed by atoms with Crippen LogP contribution in [0.25, 0.3) is 0 Å². The number of ether oxygens (including phenoxy) is 1. The molecule has 106 valence electrons. The fourth-order valence-corrected chi connectivity index (χ4v) is 2.04. The first-order chi connectivity index (χ1) is 8.87. The lowest BCUT2D eigenvalue weighted by atomic mass is 10.1. The Kier molecular flexibility index (Phi) is 3.80. The number of hydrogen-bond donors (Lipinski definition) is 1. The van der Waals surface area contributed by atoms with Crippen molar-refractivity contribution < 1.29 is 14.1 Å². The minimum absolute atomic E-state index is 0.162. The van der Waals surface area contributed by atoms with Crippen LogP contribution in [-0.2, 0) is 4.74 Å². The second-order valence-electron chi connectivity index (χ2n) is 5.76. The fourth-order valence-electron chi connectivity index (χ4n) is 2.04. The summed E-state index contributed by atoms with van der Waals surface area (Å²) in [5, 5.41) is 7.13. The first kappa shape index (κ1) is 13.9. The van der Waals surface area contributed by atoms with Crippen LogP contribution in [0.1, 0.15) is 38.3 Å². The van der Waals surface area contributed by atoms with E-state index < -0.39 is 5.60 Å². The van der Waals surface area contributed by atoms with E-state index >= 15 is 0 Å². The van der Waals surface area contributed by atoms with Crippen LogP contribution in [-0.4, -0.2) is 41.4 Å². The van der Waals surface area contributed by atoms with Crippen molar-refractivity contribution >= 4 is 6.09 Å². The van der Waals surface area contributed by atoms with Gasteiger partial charge in [-0.1, -0.05) is 5.16 Å². The van der Waals surface area contributed by atoms with Gasteiger partial charge in [-0.05, 0) is 27.7 Å². The standard InChI is InChI=1S/C13H21N3O3/c1-9-7-11(19-15-9)10-8-14-5-6-16(10)12(17)18-13(2,3)4/h7,10,14H,5-6,8H2,1-4H3. The number of hydrogen-bond acceptors (Lipinski definition) is 5. The van der Waals surface area contributed by atoms with Crippen molar-refractivity contribution in [3.8, 4) is 0 Å². The molecule has 0 aromatic carbocycles. The highest BCUT2D eigenvalue weighted by Crippen LogP contribution is 2.24. The van der Waals surface area contributed by atoms with Gasteiger partial charge >= 0.3 is 6.09 Å². The molecule has 0 aliphatic carbocycles. The van der Waals surface area contributed by atoms with Gasteiger partial charge in [-0.2, -0.15) is 0 Å². The fraction of sp³-hybridized carbons (Fsp3) is 0.692. The maximum atomic E-state index is 12.2. The van der Waals surface area contributed by atoms with E-state index in [1.807, 2.05) is 33.8 Å². The molecule has 0 radical (unpaired) electrons. The molecule has 1 aromatic heterocycles. The highest BCUT2D eigenvalue weighted by atomic mass is 16.6. The number of carbonyl (C=O) groups excluding carboxylic acids is 1. The summed E-state index contributed by atoms with van der Waals surface area (Å²) in [5.41, 5.74) is 0.314. The van der Waals surface area contributed by atoms with Crippen molar-refractivity contribution in [1.82, 2.24) is 15.4 Å². The Morgan fingerprint density at radius 2 is 2.32 bits per heavy atom. The second kappa shape index (κ2) is 5.21. The molecule has 19 heavy (non-hydrogen) atoms. The van der Waals surface area contributed by atoms with Crippen molar-refractivity contribution in [1.29, 1.82) is 0 Å². The van der Waals surface area contributed by atoms with Gasteiger partial charge in [0.05, 0.1) is 5.69 Å². The van der Waals surface area contributed by atoms with E-state index in [0.717, 1.165) is 12.2 Å². The Balaban J connectivity index is 2.14. The number of rotatable bonds is 1. The molecule has 1 fully saturated rings. The number of carbonyl (C=O) groups is 1. The van der Waals surface area contributed by atoms with E-state index in [1.54, 1.807) is 4.90 Å². The van der Waals surface area contributed by atoms with E-state index in [0.29, 0.717) is 18.8 Å². The molecule has 0 spiro atoms. The number of nitrogens with zero attached hydrogens (tertiary/aromatic N) is 2. The number of aryl methyl sites for hydroxylation is 1. The molecular formula is C13H21N3O3. The van der Waals surface area contributed by atoms with Crippen LogP contribution in [0.4, 0.5) is 4.79 Å². The molecule has 2 rings (SSSR count). The molecule has 1 unspecified atom stereocenters. The zero-order valence-electron chi connectivity index (χ0n) is 11.9. The number of piperazine rings is 1. The molecule has 0 saturated carbocycles. The first-order valence-corrected chi connectivity index (χ1v) is 6.50. The van der Waals surface area contributed by atoms with Gasteiger partial charge in [-0.15, -0.1) is 0 Å². The highest BCUT2D eigenvalue weighted by Gasteiger charge is 2.33. The van der Waals surface area contributed by atoms with Crippen LogP contribution in [0, 0.1) is 6.92 Å².